The van der Waals surface area contributed by atoms with E-state index in [0.717, 1.165) is 19.4 Å². The van der Waals surface area contributed by atoms with Gasteiger partial charge in [-0.2, -0.15) is 0 Å². The van der Waals surface area contributed by atoms with Gasteiger partial charge in [-0.15, -0.1) is 0 Å². The predicted octanol–water partition coefficient (Wildman–Crippen LogP) is 2.88. The topological polar surface area (TPSA) is 35.5 Å². The van der Waals surface area contributed by atoms with Crippen molar-refractivity contribution in [2.24, 2.45) is 0 Å². The molecule has 0 saturated heterocycles. The van der Waals surface area contributed by atoms with Crippen LogP contribution in [-0.2, 0) is 6.42 Å². The molecule has 2 rings (SSSR count). The molecule has 1 aliphatic heterocycles. The maximum atomic E-state index is 8.85. The number of aliphatic hydroxyl groups excluding tert-OH is 1. The first-order chi connectivity index (χ1) is 9.76. The highest BCUT2D eigenvalue weighted by Gasteiger charge is 2.17. The second-order valence-corrected chi connectivity index (χ2v) is 5.77. The van der Waals surface area contributed by atoms with Crippen molar-refractivity contribution < 1.29 is 5.11 Å². The van der Waals surface area contributed by atoms with Gasteiger partial charge >= 0.3 is 0 Å². The van der Waals surface area contributed by atoms with E-state index in [0.29, 0.717) is 12.6 Å². The summed E-state index contributed by atoms with van der Waals surface area (Å²) in [5, 5.41) is 12.2. The van der Waals surface area contributed by atoms with Crippen molar-refractivity contribution in [2.75, 3.05) is 31.6 Å². The van der Waals surface area contributed by atoms with Gasteiger partial charge in [-0.25, -0.2) is 0 Å². The average Bonchev–Trinajstić information content (AvgIpc) is 2.50. The first kappa shape index (κ1) is 15.3. The second-order valence-electron chi connectivity index (χ2n) is 5.77. The van der Waals surface area contributed by atoms with Crippen LogP contribution in [0.4, 0.5) is 5.69 Å². The number of unbranched alkanes of at least 4 members (excludes halogenated alkanes) is 2. The van der Waals surface area contributed by atoms with Gasteiger partial charge in [0.15, 0.2) is 0 Å². The van der Waals surface area contributed by atoms with E-state index in [4.69, 9.17) is 5.11 Å². The molecule has 1 aromatic rings. The summed E-state index contributed by atoms with van der Waals surface area (Å²) < 4.78 is 0. The predicted molar refractivity (Wildman–Crippen MR) is 85.4 cm³/mol. The standard InChI is InChI=1S/C17H28N2O/c1-14(18-2)15-8-9-17-16(13-15)7-6-11-19(17)10-4-3-5-12-20/h8-9,13-14,18,20H,3-7,10-12H2,1-2H3. The van der Waals surface area contributed by atoms with Crippen molar-refractivity contribution in [1.29, 1.82) is 0 Å². The van der Waals surface area contributed by atoms with E-state index in [1.54, 1.807) is 0 Å². The van der Waals surface area contributed by atoms with E-state index in [-0.39, 0.29) is 0 Å². The lowest BCUT2D eigenvalue weighted by Crippen LogP contribution is -2.30. The molecule has 20 heavy (non-hydrogen) atoms. The van der Waals surface area contributed by atoms with E-state index < -0.39 is 0 Å². The second kappa shape index (κ2) is 7.65. The minimum absolute atomic E-state index is 0.321. The van der Waals surface area contributed by atoms with Crippen LogP contribution in [-0.4, -0.2) is 31.9 Å². The zero-order chi connectivity index (χ0) is 14.4. The van der Waals surface area contributed by atoms with Crippen LogP contribution in [0.2, 0.25) is 0 Å². The lowest BCUT2D eigenvalue weighted by molar-refractivity contribution is 0.283. The molecule has 0 aromatic heterocycles. The summed E-state index contributed by atoms with van der Waals surface area (Å²) in [6.45, 7) is 4.82. The van der Waals surface area contributed by atoms with Crippen LogP contribution in [0.1, 0.15) is 49.8 Å². The third-order valence-corrected chi connectivity index (χ3v) is 4.34. The maximum Gasteiger partial charge on any atom is 0.0431 e. The third-order valence-electron chi connectivity index (χ3n) is 4.34. The molecule has 0 fully saturated rings. The molecule has 0 saturated carbocycles. The van der Waals surface area contributed by atoms with Crippen molar-refractivity contribution in [3.05, 3.63) is 29.3 Å². The normalized spacial score (nSPS) is 16.1. The fourth-order valence-electron chi connectivity index (χ4n) is 2.95. The zero-order valence-electron chi connectivity index (χ0n) is 12.9. The molecule has 0 radical (unpaired) electrons. The Labute approximate surface area is 123 Å². The molecule has 0 aliphatic carbocycles. The number of benzene rings is 1. The molecular weight excluding hydrogens is 248 g/mol. The van der Waals surface area contributed by atoms with E-state index in [2.05, 4.69) is 35.3 Å². The lowest BCUT2D eigenvalue weighted by Gasteiger charge is -2.32. The molecule has 0 spiro atoms. The Balaban J connectivity index is 2.03. The molecule has 1 heterocycles. The van der Waals surface area contributed by atoms with Gasteiger partial charge in [0.05, 0.1) is 0 Å². The molecule has 112 valence electrons. The minimum Gasteiger partial charge on any atom is -0.396 e. The highest BCUT2D eigenvalue weighted by atomic mass is 16.2. The Hall–Kier alpha value is -1.06. The van der Waals surface area contributed by atoms with Gasteiger partial charge in [-0.1, -0.05) is 12.1 Å². The van der Waals surface area contributed by atoms with E-state index in [1.807, 2.05) is 7.05 Å². The molecule has 1 aliphatic rings. The first-order valence-electron chi connectivity index (χ1n) is 7.92. The van der Waals surface area contributed by atoms with Gasteiger partial charge in [0.25, 0.3) is 0 Å². The molecule has 0 bridgehead atoms. The maximum absolute atomic E-state index is 8.85. The average molecular weight is 276 g/mol. The van der Waals surface area contributed by atoms with Crippen molar-refractivity contribution in [3.8, 4) is 0 Å². The number of aliphatic hydroxyl groups is 1. The molecule has 1 aromatic carbocycles. The summed E-state index contributed by atoms with van der Waals surface area (Å²) >= 11 is 0. The van der Waals surface area contributed by atoms with Gasteiger partial charge in [-0.3, -0.25) is 0 Å². The number of nitrogens with zero attached hydrogens (tertiary/aromatic N) is 1. The van der Waals surface area contributed by atoms with E-state index >= 15 is 0 Å². The molecule has 2 N–H and O–H groups in total. The van der Waals surface area contributed by atoms with Gasteiger partial charge < -0.3 is 15.3 Å². The number of hydrogen-bond acceptors (Lipinski definition) is 3. The van der Waals surface area contributed by atoms with Crippen molar-refractivity contribution in [2.45, 2.75) is 45.1 Å². The molecule has 1 atom stereocenters. The highest BCUT2D eigenvalue weighted by molar-refractivity contribution is 5.57. The summed E-state index contributed by atoms with van der Waals surface area (Å²) in [6.07, 6.45) is 5.68. The van der Waals surface area contributed by atoms with Crippen LogP contribution in [0.3, 0.4) is 0 Å². The van der Waals surface area contributed by atoms with Crippen LogP contribution >= 0.6 is 0 Å². The summed E-state index contributed by atoms with van der Waals surface area (Å²) in [6, 6.07) is 7.34. The number of aryl methyl sites for hydroxylation is 1. The molecule has 0 amide bonds. The fraction of sp³-hybridized carbons (Fsp3) is 0.647. The summed E-state index contributed by atoms with van der Waals surface area (Å²) in [7, 11) is 2.01. The Kier molecular flexibility index (Phi) is 5.86. The minimum atomic E-state index is 0.321. The fourth-order valence-corrected chi connectivity index (χ4v) is 2.95. The van der Waals surface area contributed by atoms with Gasteiger partial charge in [-0.05, 0) is 63.3 Å². The SMILES string of the molecule is CNC(C)c1ccc2c(c1)CCCN2CCCCCO. The van der Waals surface area contributed by atoms with Crippen molar-refractivity contribution >= 4 is 5.69 Å². The molecule has 3 heteroatoms. The summed E-state index contributed by atoms with van der Waals surface area (Å²) in [5.74, 6) is 0. The van der Waals surface area contributed by atoms with Crippen LogP contribution in [0, 0.1) is 0 Å². The smallest absolute Gasteiger partial charge is 0.0431 e. The highest BCUT2D eigenvalue weighted by Crippen LogP contribution is 2.30. The van der Waals surface area contributed by atoms with Crippen molar-refractivity contribution in [1.82, 2.24) is 5.32 Å². The quantitative estimate of drug-likeness (QED) is 0.752. The summed E-state index contributed by atoms with van der Waals surface area (Å²) in [4.78, 5) is 2.52. The Morgan fingerprint density at radius 3 is 2.90 bits per heavy atom. The van der Waals surface area contributed by atoms with Crippen LogP contribution in [0.25, 0.3) is 0 Å². The number of nitrogens with one attached hydrogen (secondary N) is 1. The van der Waals surface area contributed by atoms with Gasteiger partial charge in [0.1, 0.15) is 0 Å². The van der Waals surface area contributed by atoms with E-state index in [1.165, 1.54) is 42.6 Å². The number of fused-ring (bicyclic) bond motifs is 1. The zero-order valence-corrected chi connectivity index (χ0v) is 12.9. The molecular formula is C17H28N2O. The van der Waals surface area contributed by atoms with Gasteiger partial charge in [0, 0.05) is 31.4 Å². The van der Waals surface area contributed by atoms with E-state index in [9.17, 15) is 0 Å². The molecule has 1 unspecified atom stereocenters. The number of anilines is 1. The molecule has 3 nitrogen and oxygen atoms in total. The monoisotopic (exact) mass is 276 g/mol. The third kappa shape index (κ3) is 3.74. The Morgan fingerprint density at radius 1 is 1.30 bits per heavy atom. The van der Waals surface area contributed by atoms with Crippen LogP contribution in [0.15, 0.2) is 18.2 Å². The Morgan fingerprint density at radius 2 is 2.15 bits per heavy atom. The largest absolute Gasteiger partial charge is 0.396 e. The van der Waals surface area contributed by atoms with Crippen LogP contribution in [0.5, 0.6) is 0 Å². The number of rotatable bonds is 7. The first-order valence-corrected chi connectivity index (χ1v) is 7.92. The van der Waals surface area contributed by atoms with Crippen LogP contribution < -0.4 is 10.2 Å². The van der Waals surface area contributed by atoms with Crippen molar-refractivity contribution in [3.63, 3.8) is 0 Å². The Bertz CT molecular complexity index is 419. The summed E-state index contributed by atoms with van der Waals surface area (Å²) in [5.41, 5.74) is 4.30. The van der Waals surface area contributed by atoms with Gasteiger partial charge in [0.2, 0.25) is 0 Å². The number of hydrogen-bond donors (Lipinski definition) is 2. The lowest BCUT2D eigenvalue weighted by atomic mass is 9.96.